The molecule has 13 rings (SSSR count). The van der Waals surface area contributed by atoms with Gasteiger partial charge >= 0.3 is 0 Å². The van der Waals surface area contributed by atoms with Crippen molar-refractivity contribution < 1.29 is 0 Å². The first-order chi connectivity index (χ1) is 32.7. The molecule has 2 atom stereocenters. The van der Waals surface area contributed by atoms with Gasteiger partial charge in [-0.3, -0.25) is 0 Å². The van der Waals surface area contributed by atoms with E-state index in [9.17, 15) is 0 Å². The van der Waals surface area contributed by atoms with Crippen LogP contribution < -0.4 is 15.5 Å². The van der Waals surface area contributed by atoms with Crippen LogP contribution in [0.2, 0.25) is 0 Å². The molecule has 0 N–H and O–H groups in total. The van der Waals surface area contributed by atoms with Crippen molar-refractivity contribution in [3.8, 4) is 11.1 Å². The third kappa shape index (κ3) is 6.33. The lowest BCUT2D eigenvalue weighted by Crippen LogP contribution is -2.32. The van der Waals surface area contributed by atoms with Crippen LogP contribution in [0.1, 0.15) is 77.7 Å². The van der Waals surface area contributed by atoms with E-state index in [1.807, 2.05) is 0 Å². The Hall–Kier alpha value is -7.30. The smallest absolute Gasteiger partial charge is 0.0584 e. The van der Waals surface area contributed by atoms with Crippen LogP contribution in [0.5, 0.6) is 0 Å². The van der Waals surface area contributed by atoms with Crippen LogP contribution in [0.25, 0.3) is 73.8 Å². The van der Waals surface area contributed by atoms with Gasteiger partial charge in [-0.25, -0.2) is 0 Å². The molecule has 5 aliphatic rings. The van der Waals surface area contributed by atoms with Gasteiger partial charge in [-0.15, -0.1) is 0 Å². The number of benzene rings is 5. The third-order valence-corrected chi connectivity index (χ3v) is 15.1. The molecule has 0 saturated carbocycles. The zero-order valence-electron chi connectivity index (χ0n) is 37.7. The summed E-state index contributed by atoms with van der Waals surface area (Å²) >= 11 is 0. The lowest BCUT2D eigenvalue weighted by atomic mass is 9.91. The fraction of sp³-hybridized carbons (Fsp3) is 0.194. The second kappa shape index (κ2) is 16.0. The van der Waals surface area contributed by atoms with Crippen LogP contribution in [-0.4, -0.2) is 19.7 Å². The first-order valence-electron chi connectivity index (χ1n) is 24.3. The number of hydrogen-bond donors (Lipinski definition) is 0. The van der Waals surface area contributed by atoms with Crippen molar-refractivity contribution in [1.29, 1.82) is 0 Å². The predicted molar refractivity (Wildman–Crippen MR) is 279 cm³/mol. The fourth-order valence-electron chi connectivity index (χ4n) is 12.1. The van der Waals surface area contributed by atoms with Crippen molar-refractivity contribution in [2.75, 3.05) is 4.90 Å². The maximum absolute atomic E-state index is 2.58. The van der Waals surface area contributed by atoms with Crippen LogP contribution in [0.3, 0.4) is 0 Å². The summed E-state index contributed by atoms with van der Waals surface area (Å²) < 4.78 is 7.58. The molecule has 0 radical (unpaired) electrons. The SMILES string of the molecule is C/C=C\C(=C/Cn1c2c(c3c1=CCCC=3)CCC=C2)n1c2ccccc2c2cc(-c3ccc4c(c3)c3c(n4Cc4ccc(CN5c6ccccc6C6C=CC=CC65)cc4)C=CCC3)ccc21. The third-order valence-electron chi connectivity index (χ3n) is 15.1. The minimum Gasteiger partial charge on any atom is -0.360 e. The molecule has 4 nitrogen and oxygen atoms in total. The number of nitrogens with zero attached hydrogens (tertiary/aromatic N) is 4. The molecule has 0 bridgehead atoms. The molecule has 4 heteroatoms. The van der Waals surface area contributed by atoms with Crippen LogP contribution in [0.15, 0.2) is 164 Å². The molecule has 0 saturated heterocycles. The van der Waals surface area contributed by atoms with Crippen LogP contribution in [-0.2, 0) is 32.5 Å². The highest BCUT2D eigenvalue weighted by molar-refractivity contribution is 6.11. The maximum atomic E-state index is 2.58. The van der Waals surface area contributed by atoms with E-state index < -0.39 is 0 Å². The predicted octanol–water partition coefficient (Wildman–Crippen LogP) is 13.3. The van der Waals surface area contributed by atoms with Gasteiger partial charge < -0.3 is 18.6 Å². The highest BCUT2D eigenvalue weighted by Gasteiger charge is 2.36. The number of aryl methyl sites for hydroxylation is 1. The summed E-state index contributed by atoms with van der Waals surface area (Å²) in [6.07, 6.45) is 37.0. The first-order valence-corrected chi connectivity index (χ1v) is 24.3. The van der Waals surface area contributed by atoms with Gasteiger partial charge in [0.25, 0.3) is 0 Å². The minimum atomic E-state index is 0.370. The van der Waals surface area contributed by atoms with E-state index in [0.717, 1.165) is 58.2 Å². The molecule has 3 aromatic heterocycles. The Morgan fingerprint density at radius 3 is 2.17 bits per heavy atom. The minimum absolute atomic E-state index is 0.370. The molecular weight excluding hydrogens is 801 g/mol. The maximum Gasteiger partial charge on any atom is 0.0584 e. The van der Waals surface area contributed by atoms with Gasteiger partial charge in [-0.05, 0) is 150 Å². The summed E-state index contributed by atoms with van der Waals surface area (Å²) in [7, 11) is 0. The summed E-state index contributed by atoms with van der Waals surface area (Å²) in [4.78, 5) is 2.58. The van der Waals surface area contributed by atoms with E-state index in [-0.39, 0.29) is 0 Å². The Labute approximate surface area is 387 Å². The van der Waals surface area contributed by atoms with E-state index in [1.54, 1.807) is 0 Å². The lowest BCUT2D eigenvalue weighted by molar-refractivity contribution is 0.672. The monoisotopic (exact) mass is 854 g/mol. The van der Waals surface area contributed by atoms with Gasteiger partial charge in [0.05, 0.1) is 17.1 Å². The molecule has 0 amide bonds. The second-order valence-corrected chi connectivity index (χ2v) is 18.8. The van der Waals surface area contributed by atoms with Crippen molar-refractivity contribution in [2.24, 2.45) is 0 Å². The standard InChI is InChI=1S/C62H54N4/c1-2-15-46(36-37-63-55-22-9-3-16-47(55)48-17-4-10-23-56(48)63)66-61-27-14-8-21-52(61)54-39-45(33-35-62(54)66)44-32-34-60-53(38-44)51-20-7-13-26-59(51)65(60)41-43-30-28-42(29-31-43)40-64-57-24-11-5-18-49(57)50-19-6-12-25-58(50)64/h2,5-6,8-9,11-15,17-19,21-36,38-39,49,57H,3-4,7,10,16,20,37,40-41H2,1H3/b15-2-,46-36+. The largest absolute Gasteiger partial charge is 0.360 e. The van der Waals surface area contributed by atoms with Gasteiger partial charge in [-0.2, -0.15) is 0 Å². The van der Waals surface area contributed by atoms with E-state index in [1.165, 1.54) is 105 Å². The summed E-state index contributed by atoms with van der Waals surface area (Å²) in [5.74, 6) is 0.425. The van der Waals surface area contributed by atoms with Gasteiger partial charge in [-0.1, -0.05) is 127 Å². The second-order valence-electron chi connectivity index (χ2n) is 18.8. The molecule has 8 aromatic rings. The molecule has 5 aromatic carbocycles. The van der Waals surface area contributed by atoms with Crippen molar-refractivity contribution in [1.82, 2.24) is 13.7 Å². The quantitative estimate of drug-likeness (QED) is 0.132. The molecule has 1 aliphatic heterocycles. The Kier molecular flexibility index (Phi) is 9.47. The van der Waals surface area contributed by atoms with Crippen LogP contribution >= 0.6 is 0 Å². The van der Waals surface area contributed by atoms with Gasteiger partial charge in [0.2, 0.25) is 0 Å². The summed E-state index contributed by atoms with van der Waals surface area (Å²) in [6, 6.07) is 42.0. The van der Waals surface area contributed by atoms with Crippen LogP contribution in [0, 0.1) is 0 Å². The average molecular weight is 855 g/mol. The zero-order chi connectivity index (χ0) is 43.7. The Morgan fingerprint density at radius 1 is 0.621 bits per heavy atom. The molecule has 66 heavy (non-hydrogen) atoms. The van der Waals surface area contributed by atoms with Gasteiger partial charge in [0.15, 0.2) is 0 Å². The molecule has 2 unspecified atom stereocenters. The van der Waals surface area contributed by atoms with E-state index in [4.69, 9.17) is 0 Å². The number of para-hydroxylation sites is 2. The molecular formula is C62H54N4. The molecule has 4 heterocycles. The van der Waals surface area contributed by atoms with E-state index in [0.29, 0.717) is 12.0 Å². The van der Waals surface area contributed by atoms with Crippen molar-refractivity contribution >= 4 is 68.4 Å². The summed E-state index contributed by atoms with van der Waals surface area (Å²) in [5, 5.41) is 6.81. The molecule has 0 spiro atoms. The van der Waals surface area contributed by atoms with Crippen molar-refractivity contribution in [3.63, 3.8) is 0 Å². The number of rotatable bonds is 9. The number of anilines is 1. The summed E-state index contributed by atoms with van der Waals surface area (Å²) in [6.45, 7) is 4.70. The number of aromatic nitrogens is 3. The topological polar surface area (TPSA) is 18.0 Å². The van der Waals surface area contributed by atoms with Crippen LogP contribution in [0.4, 0.5) is 5.69 Å². The normalized spacial score (nSPS) is 18.2. The Bertz CT molecular complexity index is 3590. The molecule has 322 valence electrons. The Balaban J connectivity index is 0.827. The first kappa shape index (κ1) is 39.1. The van der Waals surface area contributed by atoms with E-state index in [2.05, 4.69) is 214 Å². The van der Waals surface area contributed by atoms with E-state index >= 15 is 0 Å². The highest BCUT2D eigenvalue weighted by atomic mass is 15.2. The highest BCUT2D eigenvalue weighted by Crippen LogP contribution is 2.44. The van der Waals surface area contributed by atoms with Crippen molar-refractivity contribution in [2.45, 2.75) is 77.0 Å². The molecule has 4 aliphatic carbocycles. The number of fused-ring (bicyclic) bond motifs is 12. The Morgan fingerprint density at radius 2 is 1.32 bits per heavy atom. The lowest BCUT2D eigenvalue weighted by Gasteiger charge is -2.28. The zero-order valence-corrected chi connectivity index (χ0v) is 37.7. The summed E-state index contributed by atoms with van der Waals surface area (Å²) in [5.41, 5.74) is 18.7. The van der Waals surface area contributed by atoms with Crippen molar-refractivity contribution in [3.05, 3.63) is 214 Å². The molecule has 0 fully saturated rings. The number of hydrogen-bond acceptors (Lipinski definition) is 1. The van der Waals surface area contributed by atoms with Gasteiger partial charge in [0, 0.05) is 75.3 Å². The van der Waals surface area contributed by atoms with Gasteiger partial charge in [0.1, 0.15) is 0 Å². The fourth-order valence-corrected chi connectivity index (χ4v) is 12.1. The average Bonchev–Trinajstić information content (AvgIpc) is 4.08. The number of allylic oxidation sites excluding steroid dienone is 8.